The van der Waals surface area contributed by atoms with Gasteiger partial charge >= 0.3 is 0 Å². The van der Waals surface area contributed by atoms with Crippen LogP contribution >= 0.6 is 15.9 Å². The van der Waals surface area contributed by atoms with Gasteiger partial charge in [0.15, 0.2) is 0 Å². The zero-order chi connectivity index (χ0) is 16.4. The molecule has 0 radical (unpaired) electrons. The molecule has 3 nitrogen and oxygen atoms in total. The van der Waals surface area contributed by atoms with Crippen LogP contribution < -0.4 is 9.64 Å². The maximum atomic E-state index is 12.8. The Balaban J connectivity index is 1.88. The average molecular weight is 374 g/mol. The molecule has 0 saturated carbocycles. The van der Waals surface area contributed by atoms with Gasteiger partial charge in [-0.2, -0.15) is 0 Å². The molecule has 0 unspecified atom stereocenters. The van der Waals surface area contributed by atoms with E-state index in [1.165, 1.54) is 0 Å². The fraction of sp³-hybridized carbons (Fsp3) is 0.316. The topological polar surface area (TPSA) is 29.5 Å². The molecule has 0 aliphatic carbocycles. The van der Waals surface area contributed by atoms with Crippen molar-refractivity contribution in [2.75, 3.05) is 18.1 Å². The summed E-state index contributed by atoms with van der Waals surface area (Å²) in [6.45, 7) is 5.35. The van der Waals surface area contributed by atoms with Crippen molar-refractivity contribution < 1.29 is 9.53 Å². The van der Waals surface area contributed by atoms with Crippen LogP contribution in [-0.2, 0) is 11.2 Å². The van der Waals surface area contributed by atoms with Crippen molar-refractivity contribution in [1.29, 1.82) is 0 Å². The second-order valence-electron chi connectivity index (χ2n) is 5.62. The molecular formula is C19H20BrNO2. The summed E-state index contributed by atoms with van der Waals surface area (Å²) in [4.78, 5) is 14.6. The van der Waals surface area contributed by atoms with Gasteiger partial charge in [0.1, 0.15) is 5.75 Å². The van der Waals surface area contributed by atoms with E-state index in [0.29, 0.717) is 19.6 Å². The van der Waals surface area contributed by atoms with Gasteiger partial charge in [-0.15, -0.1) is 0 Å². The first kappa shape index (κ1) is 16.1. The van der Waals surface area contributed by atoms with Crippen molar-refractivity contribution in [2.24, 2.45) is 0 Å². The van der Waals surface area contributed by atoms with Crippen molar-refractivity contribution in [2.45, 2.75) is 26.2 Å². The number of hydrogen-bond acceptors (Lipinski definition) is 2. The van der Waals surface area contributed by atoms with Crippen LogP contribution in [0.15, 0.2) is 46.9 Å². The van der Waals surface area contributed by atoms with Gasteiger partial charge in [-0.1, -0.05) is 28.1 Å². The Bertz CT molecular complexity index is 712. The summed E-state index contributed by atoms with van der Waals surface area (Å²) in [7, 11) is 0. The number of rotatable bonds is 5. The molecule has 0 spiro atoms. The quantitative estimate of drug-likeness (QED) is 0.769. The standard InChI is InChI=1S/C19H20BrNO2/c1-3-21-18-10-7-14(20)12-16(18)17(19(21)22)11-13-5-8-15(9-6-13)23-4-2/h5-10,12,17H,3-4,11H2,1-2H3/t17-/m1/s1. The molecule has 1 atom stereocenters. The predicted octanol–water partition coefficient (Wildman–Crippen LogP) is 4.54. The number of hydrogen-bond donors (Lipinski definition) is 0. The normalized spacial score (nSPS) is 16.6. The van der Waals surface area contributed by atoms with E-state index in [0.717, 1.165) is 27.0 Å². The summed E-state index contributed by atoms with van der Waals surface area (Å²) in [6.07, 6.45) is 0.713. The highest BCUT2D eigenvalue weighted by Gasteiger charge is 2.36. The summed E-state index contributed by atoms with van der Waals surface area (Å²) in [5.41, 5.74) is 3.30. The molecule has 3 rings (SSSR count). The Morgan fingerprint density at radius 1 is 1.13 bits per heavy atom. The van der Waals surface area contributed by atoms with Gasteiger partial charge in [0.2, 0.25) is 5.91 Å². The Kier molecular flexibility index (Phi) is 4.71. The minimum absolute atomic E-state index is 0.111. The van der Waals surface area contributed by atoms with Crippen molar-refractivity contribution in [1.82, 2.24) is 0 Å². The Labute approximate surface area is 145 Å². The third-order valence-corrected chi connectivity index (χ3v) is 4.70. The molecule has 1 aliphatic rings. The molecule has 2 aromatic carbocycles. The number of likely N-dealkylation sites (N-methyl/N-ethyl adjacent to an activating group) is 1. The third-order valence-electron chi connectivity index (χ3n) is 4.21. The van der Waals surface area contributed by atoms with Crippen molar-refractivity contribution in [3.63, 3.8) is 0 Å². The summed E-state index contributed by atoms with van der Waals surface area (Å²) in [5.74, 6) is 0.946. The van der Waals surface area contributed by atoms with Crippen LogP contribution in [0.4, 0.5) is 5.69 Å². The number of benzene rings is 2. The number of amides is 1. The van der Waals surface area contributed by atoms with Crippen LogP contribution in [0.1, 0.15) is 30.9 Å². The fourth-order valence-electron chi connectivity index (χ4n) is 3.14. The molecule has 4 heteroatoms. The van der Waals surface area contributed by atoms with Crippen LogP contribution in [-0.4, -0.2) is 19.1 Å². The SMILES string of the molecule is CCOc1ccc(C[C@H]2C(=O)N(CC)c3ccc(Br)cc32)cc1. The highest BCUT2D eigenvalue weighted by atomic mass is 79.9. The molecule has 0 N–H and O–H groups in total. The molecule has 2 aromatic rings. The Hall–Kier alpha value is -1.81. The van der Waals surface area contributed by atoms with Gasteiger partial charge in [0, 0.05) is 16.7 Å². The van der Waals surface area contributed by atoms with E-state index in [9.17, 15) is 4.79 Å². The summed E-state index contributed by atoms with van der Waals surface area (Å²) >= 11 is 3.52. The maximum Gasteiger partial charge on any atom is 0.234 e. The van der Waals surface area contributed by atoms with Crippen LogP contribution in [0.25, 0.3) is 0 Å². The Morgan fingerprint density at radius 3 is 2.52 bits per heavy atom. The molecule has 0 aromatic heterocycles. The van der Waals surface area contributed by atoms with Gasteiger partial charge in [0.25, 0.3) is 0 Å². The number of ether oxygens (including phenoxy) is 1. The zero-order valence-corrected chi connectivity index (χ0v) is 15.0. The van der Waals surface area contributed by atoms with Gasteiger partial charge in [0.05, 0.1) is 12.5 Å². The van der Waals surface area contributed by atoms with Crippen molar-refractivity contribution >= 4 is 27.5 Å². The monoisotopic (exact) mass is 373 g/mol. The van der Waals surface area contributed by atoms with E-state index >= 15 is 0 Å². The smallest absolute Gasteiger partial charge is 0.234 e. The first-order valence-electron chi connectivity index (χ1n) is 7.96. The van der Waals surface area contributed by atoms with E-state index in [-0.39, 0.29) is 11.8 Å². The summed E-state index contributed by atoms with van der Waals surface area (Å²) in [6, 6.07) is 14.1. The second-order valence-corrected chi connectivity index (χ2v) is 6.53. The maximum absolute atomic E-state index is 12.8. The number of fused-ring (bicyclic) bond motifs is 1. The first-order chi connectivity index (χ1) is 11.1. The predicted molar refractivity (Wildman–Crippen MR) is 96.2 cm³/mol. The van der Waals surface area contributed by atoms with E-state index in [4.69, 9.17) is 4.74 Å². The molecule has 0 saturated heterocycles. The largest absolute Gasteiger partial charge is 0.494 e. The molecular weight excluding hydrogens is 354 g/mol. The van der Waals surface area contributed by atoms with E-state index < -0.39 is 0 Å². The molecule has 1 aliphatic heterocycles. The highest BCUT2D eigenvalue weighted by Crippen LogP contribution is 2.40. The highest BCUT2D eigenvalue weighted by molar-refractivity contribution is 9.10. The summed E-state index contributed by atoms with van der Waals surface area (Å²) < 4.78 is 6.49. The first-order valence-corrected chi connectivity index (χ1v) is 8.76. The van der Waals surface area contributed by atoms with Crippen LogP contribution in [0, 0.1) is 0 Å². The third kappa shape index (κ3) is 3.13. The Morgan fingerprint density at radius 2 is 1.87 bits per heavy atom. The fourth-order valence-corrected chi connectivity index (χ4v) is 3.52. The lowest BCUT2D eigenvalue weighted by atomic mass is 9.93. The van der Waals surface area contributed by atoms with Gasteiger partial charge in [-0.3, -0.25) is 4.79 Å². The number of halogens is 1. The number of nitrogens with zero attached hydrogens (tertiary/aromatic N) is 1. The van der Waals surface area contributed by atoms with E-state index in [1.807, 2.05) is 55.1 Å². The molecule has 1 amide bonds. The summed E-state index contributed by atoms with van der Waals surface area (Å²) in [5, 5.41) is 0. The van der Waals surface area contributed by atoms with Gasteiger partial charge in [-0.25, -0.2) is 0 Å². The van der Waals surface area contributed by atoms with Gasteiger partial charge in [-0.05, 0) is 61.7 Å². The van der Waals surface area contributed by atoms with E-state index in [2.05, 4.69) is 22.0 Å². The molecule has 1 heterocycles. The molecule has 120 valence electrons. The molecule has 0 bridgehead atoms. The van der Waals surface area contributed by atoms with Crippen molar-refractivity contribution in [3.05, 3.63) is 58.1 Å². The lowest BCUT2D eigenvalue weighted by molar-refractivity contribution is -0.119. The minimum Gasteiger partial charge on any atom is -0.494 e. The number of anilines is 1. The zero-order valence-electron chi connectivity index (χ0n) is 13.4. The number of carbonyl (C=O) groups is 1. The minimum atomic E-state index is -0.111. The lowest BCUT2D eigenvalue weighted by Gasteiger charge is -2.15. The molecule has 0 fully saturated rings. The number of carbonyl (C=O) groups excluding carboxylic acids is 1. The van der Waals surface area contributed by atoms with Crippen LogP contribution in [0.3, 0.4) is 0 Å². The lowest BCUT2D eigenvalue weighted by Crippen LogP contribution is -2.29. The van der Waals surface area contributed by atoms with Crippen LogP contribution in [0.2, 0.25) is 0 Å². The van der Waals surface area contributed by atoms with E-state index in [1.54, 1.807) is 0 Å². The van der Waals surface area contributed by atoms with Gasteiger partial charge < -0.3 is 9.64 Å². The molecule has 23 heavy (non-hydrogen) atoms. The average Bonchev–Trinajstić information content (AvgIpc) is 2.81. The van der Waals surface area contributed by atoms with Crippen molar-refractivity contribution in [3.8, 4) is 5.75 Å². The van der Waals surface area contributed by atoms with Crippen LogP contribution in [0.5, 0.6) is 5.75 Å². The second kappa shape index (κ2) is 6.75.